The zero-order chi connectivity index (χ0) is 13.9. The summed E-state index contributed by atoms with van der Waals surface area (Å²) in [6.45, 7) is 2.77. The van der Waals surface area contributed by atoms with E-state index in [1.807, 2.05) is 18.2 Å². The topological polar surface area (TPSA) is 58.6 Å². The number of carbonyl (C=O) groups is 2. The Morgan fingerprint density at radius 2 is 2.00 bits per heavy atom. The van der Waals surface area contributed by atoms with Gasteiger partial charge in [0.25, 0.3) is 5.91 Å². The third-order valence-corrected chi connectivity index (χ3v) is 3.81. The summed E-state index contributed by atoms with van der Waals surface area (Å²) in [7, 11) is 0. The molecule has 106 valence electrons. The minimum Gasteiger partial charge on any atom is -0.482 e. The van der Waals surface area contributed by atoms with Crippen LogP contribution >= 0.6 is 0 Å². The van der Waals surface area contributed by atoms with Gasteiger partial charge in [0.05, 0.1) is 5.69 Å². The summed E-state index contributed by atoms with van der Waals surface area (Å²) in [5, 5.41) is 2.82. The van der Waals surface area contributed by atoms with Gasteiger partial charge in [-0.3, -0.25) is 9.59 Å². The largest absolute Gasteiger partial charge is 0.482 e. The number of ketones is 1. The highest BCUT2D eigenvalue weighted by atomic mass is 16.5. The molecule has 1 aromatic rings. The number of nitrogens with zero attached hydrogens (tertiary/aromatic N) is 1. The third kappa shape index (κ3) is 2.99. The number of anilines is 1. The van der Waals surface area contributed by atoms with E-state index in [2.05, 4.69) is 10.2 Å². The molecule has 0 aliphatic carbocycles. The molecular weight excluding hydrogens is 256 g/mol. The molecule has 0 bridgehead atoms. The summed E-state index contributed by atoms with van der Waals surface area (Å²) in [6, 6.07) is 5.91. The molecule has 1 fully saturated rings. The number of ether oxygens (including phenoxy) is 1. The van der Waals surface area contributed by atoms with Gasteiger partial charge in [-0.2, -0.15) is 0 Å². The summed E-state index contributed by atoms with van der Waals surface area (Å²) in [5.74, 6) is 0.996. The maximum absolute atomic E-state index is 11.3. The molecule has 2 heterocycles. The molecule has 1 amide bonds. The van der Waals surface area contributed by atoms with Crippen molar-refractivity contribution >= 4 is 17.4 Å². The Balaban J connectivity index is 1.59. The highest BCUT2D eigenvalue weighted by Crippen LogP contribution is 2.28. The maximum atomic E-state index is 11.3. The first-order chi connectivity index (χ1) is 9.70. The summed E-state index contributed by atoms with van der Waals surface area (Å²) < 4.78 is 5.34. The lowest BCUT2D eigenvalue weighted by Gasteiger charge is -2.26. The van der Waals surface area contributed by atoms with Crippen molar-refractivity contribution in [2.75, 3.05) is 31.6 Å². The molecule has 20 heavy (non-hydrogen) atoms. The van der Waals surface area contributed by atoms with Crippen molar-refractivity contribution in [2.24, 2.45) is 0 Å². The molecule has 3 rings (SSSR count). The fourth-order valence-electron chi connectivity index (χ4n) is 2.60. The average molecular weight is 274 g/mol. The Morgan fingerprint density at radius 3 is 2.80 bits per heavy atom. The van der Waals surface area contributed by atoms with Crippen molar-refractivity contribution < 1.29 is 14.3 Å². The van der Waals surface area contributed by atoms with Crippen LogP contribution in [0, 0.1) is 0 Å². The van der Waals surface area contributed by atoms with Crippen molar-refractivity contribution in [1.82, 2.24) is 4.90 Å². The molecule has 5 heteroatoms. The minimum atomic E-state index is -0.107. The lowest BCUT2D eigenvalue weighted by Crippen LogP contribution is -2.35. The van der Waals surface area contributed by atoms with E-state index < -0.39 is 0 Å². The fraction of sp³-hybridized carbons (Fsp3) is 0.467. The van der Waals surface area contributed by atoms with Crippen LogP contribution in [0.4, 0.5) is 5.69 Å². The van der Waals surface area contributed by atoms with E-state index in [4.69, 9.17) is 4.74 Å². The Bertz CT molecular complexity index is 532. The van der Waals surface area contributed by atoms with Crippen LogP contribution in [0.3, 0.4) is 0 Å². The van der Waals surface area contributed by atoms with E-state index in [0.29, 0.717) is 18.6 Å². The highest BCUT2D eigenvalue weighted by molar-refractivity contribution is 5.95. The zero-order valence-corrected chi connectivity index (χ0v) is 11.4. The van der Waals surface area contributed by atoms with Gasteiger partial charge in [-0.25, -0.2) is 0 Å². The van der Waals surface area contributed by atoms with Crippen LogP contribution in [-0.2, 0) is 16.0 Å². The van der Waals surface area contributed by atoms with Crippen LogP contribution in [0.1, 0.15) is 18.4 Å². The second kappa shape index (κ2) is 5.63. The van der Waals surface area contributed by atoms with E-state index in [1.165, 1.54) is 5.56 Å². The van der Waals surface area contributed by atoms with Crippen molar-refractivity contribution in [3.8, 4) is 5.75 Å². The second-order valence-corrected chi connectivity index (χ2v) is 5.30. The molecule has 0 saturated carbocycles. The van der Waals surface area contributed by atoms with Crippen LogP contribution < -0.4 is 10.1 Å². The van der Waals surface area contributed by atoms with Crippen molar-refractivity contribution in [3.05, 3.63) is 23.8 Å². The molecule has 1 N–H and O–H groups in total. The van der Waals surface area contributed by atoms with Crippen LogP contribution in [0.15, 0.2) is 18.2 Å². The summed E-state index contributed by atoms with van der Waals surface area (Å²) >= 11 is 0. The number of amides is 1. The number of fused-ring (bicyclic) bond motifs is 1. The fourth-order valence-corrected chi connectivity index (χ4v) is 2.60. The number of hydrogen-bond donors (Lipinski definition) is 1. The minimum absolute atomic E-state index is 0.0914. The van der Waals surface area contributed by atoms with Gasteiger partial charge in [0, 0.05) is 32.5 Å². The number of benzene rings is 1. The molecule has 5 nitrogen and oxygen atoms in total. The number of Topliss-reactive ketones (excluding diaryl/α,β-unsaturated/α-hetero) is 1. The van der Waals surface area contributed by atoms with Crippen molar-refractivity contribution in [3.63, 3.8) is 0 Å². The number of piperidine rings is 1. The van der Waals surface area contributed by atoms with Gasteiger partial charge in [-0.05, 0) is 24.1 Å². The summed E-state index contributed by atoms with van der Waals surface area (Å²) in [4.78, 5) is 24.8. The number of likely N-dealkylation sites (tertiary alicyclic amines) is 1. The van der Waals surface area contributed by atoms with Gasteiger partial charge in [0.2, 0.25) is 0 Å². The quantitative estimate of drug-likeness (QED) is 0.900. The second-order valence-electron chi connectivity index (χ2n) is 5.30. The predicted molar refractivity (Wildman–Crippen MR) is 75.0 cm³/mol. The van der Waals surface area contributed by atoms with E-state index in [0.717, 1.165) is 37.5 Å². The monoisotopic (exact) mass is 274 g/mol. The summed E-state index contributed by atoms with van der Waals surface area (Å²) in [5.41, 5.74) is 1.93. The van der Waals surface area contributed by atoms with Crippen molar-refractivity contribution in [1.29, 1.82) is 0 Å². The molecule has 0 aromatic heterocycles. The van der Waals surface area contributed by atoms with Crippen molar-refractivity contribution in [2.45, 2.75) is 19.3 Å². The molecule has 0 spiro atoms. The van der Waals surface area contributed by atoms with Gasteiger partial charge >= 0.3 is 0 Å². The predicted octanol–water partition coefficient (Wildman–Crippen LogP) is 1.22. The van der Waals surface area contributed by atoms with Crippen LogP contribution in [-0.4, -0.2) is 42.8 Å². The summed E-state index contributed by atoms with van der Waals surface area (Å²) in [6.07, 6.45) is 2.26. The molecule has 2 aliphatic heterocycles. The Kier molecular flexibility index (Phi) is 3.69. The lowest BCUT2D eigenvalue weighted by atomic mass is 10.1. The smallest absolute Gasteiger partial charge is 0.262 e. The lowest BCUT2D eigenvalue weighted by molar-refractivity contribution is -0.121. The molecule has 1 aromatic carbocycles. The van der Waals surface area contributed by atoms with Gasteiger partial charge in [-0.15, -0.1) is 0 Å². The van der Waals surface area contributed by atoms with Crippen LogP contribution in [0.25, 0.3) is 0 Å². The Morgan fingerprint density at radius 1 is 1.20 bits per heavy atom. The van der Waals surface area contributed by atoms with Gasteiger partial charge in [-0.1, -0.05) is 6.07 Å². The normalized spacial score (nSPS) is 19.2. The molecular formula is C15H18N2O3. The third-order valence-electron chi connectivity index (χ3n) is 3.81. The van der Waals surface area contributed by atoms with Gasteiger partial charge < -0.3 is 15.0 Å². The molecule has 1 saturated heterocycles. The average Bonchev–Trinajstić information content (AvgIpc) is 2.46. The number of rotatable bonds is 3. The molecule has 2 aliphatic rings. The van der Waals surface area contributed by atoms with E-state index in [1.54, 1.807) is 0 Å². The van der Waals surface area contributed by atoms with E-state index >= 15 is 0 Å². The molecule has 0 atom stereocenters. The molecule has 0 unspecified atom stereocenters. The highest BCUT2D eigenvalue weighted by Gasteiger charge is 2.17. The van der Waals surface area contributed by atoms with E-state index in [-0.39, 0.29) is 12.5 Å². The van der Waals surface area contributed by atoms with Gasteiger partial charge in [0.15, 0.2) is 6.61 Å². The first-order valence-corrected chi connectivity index (χ1v) is 7.00. The van der Waals surface area contributed by atoms with E-state index in [9.17, 15) is 9.59 Å². The Hall–Kier alpha value is -1.88. The van der Waals surface area contributed by atoms with Crippen LogP contribution in [0.5, 0.6) is 5.75 Å². The SMILES string of the molecule is O=C1CCN(CCc2ccc3c(c2)NC(=O)CO3)CC1. The number of carbonyl (C=O) groups excluding carboxylic acids is 2. The first kappa shape index (κ1) is 13.1. The maximum Gasteiger partial charge on any atom is 0.262 e. The number of hydrogen-bond acceptors (Lipinski definition) is 4. The standard InChI is InChI=1S/C15H18N2O3/c18-12-4-7-17(8-5-12)6-3-11-1-2-14-13(9-11)16-15(19)10-20-14/h1-2,9H,3-8,10H2,(H,16,19). The first-order valence-electron chi connectivity index (χ1n) is 7.00. The van der Waals surface area contributed by atoms with Crippen LogP contribution in [0.2, 0.25) is 0 Å². The zero-order valence-electron chi connectivity index (χ0n) is 11.4. The number of nitrogens with one attached hydrogen (secondary N) is 1. The Labute approximate surface area is 117 Å². The molecule has 0 radical (unpaired) electrons. The van der Waals surface area contributed by atoms with Gasteiger partial charge in [0.1, 0.15) is 11.5 Å².